The normalized spacial score (nSPS) is 15.9. The van der Waals surface area contributed by atoms with Crippen molar-refractivity contribution in [2.75, 3.05) is 18.4 Å². The van der Waals surface area contributed by atoms with Crippen molar-refractivity contribution in [3.05, 3.63) is 58.9 Å². The van der Waals surface area contributed by atoms with Crippen molar-refractivity contribution in [3.8, 4) is 0 Å². The van der Waals surface area contributed by atoms with Gasteiger partial charge in [-0.15, -0.1) is 0 Å². The molecule has 1 aliphatic heterocycles. The number of nitrogens with zero attached hydrogens (tertiary/aromatic N) is 1. The zero-order valence-electron chi connectivity index (χ0n) is 14.6. The Labute approximate surface area is 163 Å². The van der Waals surface area contributed by atoms with Crippen LogP contribution in [0.25, 0.3) is 0 Å². The molecule has 1 amide bonds. The summed E-state index contributed by atoms with van der Waals surface area (Å²) < 4.78 is 41.4. The predicted octanol–water partition coefficient (Wildman–Crippen LogP) is 4.30. The summed E-state index contributed by atoms with van der Waals surface area (Å²) in [6.45, 7) is 0.873. The first kappa shape index (κ1) is 19.8. The van der Waals surface area contributed by atoms with Crippen LogP contribution in [0.5, 0.6) is 0 Å². The molecule has 0 unspecified atom stereocenters. The number of nitrogens with one attached hydrogen (secondary N) is 1. The number of benzene rings is 2. The van der Waals surface area contributed by atoms with E-state index < -0.39 is 21.7 Å². The second-order valence-corrected chi connectivity index (χ2v) is 8.80. The predicted molar refractivity (Wildman–Crippen MR) is 103 cm³/mol. The minimum atomic E-state index is -3.77. The van der Waals surface area contributed by atoms with Gasteiger partial charge in [0.25, 0.3) is 5.91 Å². The van der Waals surface area contributed by atoms with Gasteiger partial charge in [-0.05, 0) is 55.3 Å². The molecule has 1 fully saturated rings. The van der Waals surface area contributed by atoms with Gasteiger partial charge in [-0.2, -0.15) is 4.31 Å². The maximum Gasteiger partial charge on any atom is 0.258 e. The molecule has 1 heterocycles. The van der Waals surface area contributed by atoms with Crippen LogP contribution in [0.15, 0.2) is 47.4 Å². The Morgan fingerprint density at radius 3 is 2.26 bits per heavy atom. The number of rotatable bonds is 4. The molecule has 0 spiro atoms. The van der Waals surface area contributed by atoms with Gasteiger partial charge in [0.2, 0.25) is 10.0 Å². The van der Waals surface area contributed by atoms with Gasteiger partial charge in [-0.3, -0.25) is 4.79 Å². The summed E-state index contributed by atoms with van der Waals surface area (Å²) >= 11 is 5.80. The van der Waals surface area contributed by atoms with Crippen molar-refractivity contribution in [1.29, 1.82) is 0 Å². The van der Waals surface area contributed by atoms with Crippen molar-refractivity contribution >= 4 is 33.2 Å². The summed E-state index contributed by atoms with van der Waals surface area (Å²) in [6.07, 6.45) is 3.57. The standard InChI is InChI=1S/C19H20ClFN2O3S/c20-14-5-7-15(8-6-14)22-19(24)17-13-16(9-10-18(17)21)27(25,26)23-11-3-1-2-4-12-23/h5-10,13H,1-4,11-12H2,(H,22,24). The van der Waals surface area contributed by atoms with Crippen LogP contribution in [-0.4, -0.2) is 31.7 Å². The molecule has 0 bridgehead atoms. The molecule has 1 saturated heterocycles. The lowest BCUT2D eigenvalue weighted by atomic mass is 10.2. The van der Waals surface area contributed by atoms with Crippen LogP contribution >= 0.6 is 11.6 Å². The van der Waals surface area contributed by atoms with Crippen LogP contribution in [0.4, 0.5) is 10.1 Å². The van der Waals surface area contributed by atoms with Gasteiger partial charge in [-0.1, -0.05) is 24.4 Å². The summed E-state index contributed by atoms with van der Waals surface area (Å²) in [4.78, 5) is 12.4. The summed E-state index contributed by atoms with van der Waals surface area (Å²) in [7, 11) is -3.77. The average molecular weight is 411 g/mol. The fourth-order valence-corrected chi connectivity index (χ4v) is 4.67. The van der Waals surface area contributed by atoms with Gasteiger partial charge < -0.3 is 5.32 Å². The minimum absolute atomic E-state index is 0.0768. The highest BCUT2D eigenvalue weighted by Gasteiger charge is 2.27. The van der Waals surface area contributed by atoms with E-state index >= 15 is 0 Å². The Morgan fingerprint density at radius 1 is 1.00 bits per heavy atom. The van der Waals surface area contributed by atoms with E-state index in [9.17, 15) is 17.6 Å². The van der Waals surface area contributed by atoms with Crippen molar-refractivity contribution in [1.82, 2.24) is 4.31 Å². The van der Waals surface area contributed by atoms with Gasteiger partial charge in [0.1, 0.15) is 5.82 Å². The number of carbonyl (C=O) groups is 1. The summed E-state index contributed by atoms with van der Waals surface area (Å²) in [5.74, 6) is -1.50. The van der Waals surface area contributed by atoms with E-state index in [1.165, 1.54) is 10.4 Å². The molecular formula is C19H20ClFN2O3S. The number of anilines is 1. The van der Waals surface area contributed by atoms with E-state index in [0.717, 1.165) is 37.8 Å². The molecule has 3 rings (SSSR count). The van der Waals surface area contributed by atoms with Crippen LogP contribution in [0.2, 0.25) is 5.02 Å². The number of hydrogen-bond donors (Lipinski definition) is 1. The number of carbonyl (C=O) groups excluding carboxylic acids is 1. The van der Waals surface area contributed by atoms with E-state index in [4.69, 9.17) is 11.6 Å². The monoisotopic (exact) mass is 410 g/mol. The van der Waals surface area contributed by atoms with E-state index in [1.54, 1.807) is 24.3 Å². The molecule has 8 heteroatoms. The number of halogens is 2. The molecule has 0 aliphatic carbocycles. The first-order valence-corrected chi connectivity index (χ1v) is 10.6. The average Bonchev–Trinajstić information content (AvgIpc) is 2.94. The highest BCUT2D eigenvalue weighted by Crippen LogP contribution is 2.23. The minimum Gasteiger partial charge on any atom is -0.322 e. The fraction of sp³-hybridized carbons (Fsp3) is 0.316. The van der Waals surface area contributed by atoms with Crippen molar-refractivity contribution in [3.63, 3.8) is 0 Å². The molecule has 1 aliphatic rings. The Morgan fingerprint density at radius 2 is 1.63 bits per heavy atom. The lowest BCUT2D eigenvalue weighted by Gasteiger charge is -2.20. The third-order valence-electron chi connectivity index (χ3n) is 4.49. The zero-order valence-corrected chi connectivity index (χ0v) is 16.2. The molecular weight excluding hydrogens is 391 g/mol. The molecule has 0 atom stereocenters. The third-order valence-corrected chi connectivity index (χ3v) is 6.63. The summed E-state index contributed by atoms with van der Waals surface area (Å²) in [5.41, 5.74) is 0.116. The molecule has 0 saturated carbocycles. The Kier molecular flexibility index (Phi) is 6.14. The van der Waals surface area contributed by atoms with Crippen LogP contribution in [-0.2, 0) is 10.0 Å². The third kappa shape index (κ3) is 4.66. The first-order chi connectivity index (χ1) is 12.9. The van der Waals surface area contributed by atoms with Gasteiger partial charge >= 0.3 is 0 Å². The van der Waals surface area contributed by atoms with Gasteiger partial charge in [0.05, 0.1) is 10.5 Å². The van der Waals surface area contributed by atoms with Crippen molar-refractivity contribution in [2.45, 2.75) is 30.6 Å². The van der Waals surface area contributed by atoms with Gasteiger partial charge in [0, 0.05) is 23.8 Å². The largest absolute Gasteiger partial charge is 0.322 e. The van der Waals surface area contributed by atoms with Crippen LogP contribution < -0.4 is 5.32 Å². The Hall–Kier alpha value is -1.96. The van der Waals surface area contributed by atoms with Crippen molar-refractivity contribution in [2.24, 2.45) is 0 Å². The molecule has 1 N–H and O–H groups in total. The Balaban J connectivity index is 1.86. The van der Waals surface area contributed by atoms with Gasteiger partial charge in [-0.25, -0.2) is 12.8 Å². The molecule has 27 heavy (non-hydrogen) atoms. The van der Waals surface area contributed by atoms with Gasteiger partial charge in [0.15, 0.2) is 0 Å². The molecule has 0 radical (unpaired) electrons. The second-order valence-electron chi connectivity index (χ2n) is 6.42. The maximum absolute atomic E-state index is 14.2. The lowest BCUT2D eigenvalue weighted by molar-refractivity contribution is 0.102. The number of sulfonamides is 1. The molecule has 144 valence electrons. The van der Waals surface area contributed by atoms with E-state index in [2.05, 4.69) is 5.32 Å². The van der Waals surface area contributed by atoms with E-state index in [1.807, 2.05) is 0 Å². The topological polar surface area (TPSA) is 66.5 Å². The highest BCUT2D eigenvalue weighted by atomic mass is 35.5. The number of hydrogen-bond acceptors (Lipinski definition) is 3. The SMILES string of the molecule is O=C(Nc1ccc(Cl)cc1)c1cc(S(=O)(=O)N2CCCCCC2)ccc1F. The van der Waals surface area contributed by atoms with E-state index in [-0.39, 0.29) is 10.5 Å². The van der Waals surface area contributed by atoms with E-state index in [0.29, 0.717) is 23.8 Å². The quantitative estimate of drug-likeness (QED) is 0.817. The van der Waals surface area contributed by atoms with Crippen LogP contribution in [0.3, 0.4) is 0 Å². The second kappa shape index (κ2) is 8.37. The van der Waals surface area contributed by atoms with Crippen LogP contribution in [0, 0.1) is 5.82 Å². The zero-order chi connectivity index (χ0) is 19.4. The molecule has 5 nitrogen and oxygen atoms in total. The van der Waals surface area contributed by atoms with Crippen LogP contribution in [0.1, 0.15) is 36.0 Å². The summed E-state index contributed by atoms with van der Waals surface area (Å²) in [6, 6.07) is 9.66. The molecule has 0 aromatic heterocycles. The Bertz CT molecular complexity index is 924. The highest BCUT2D eigenvalue weighted by molar-refractivity contribution is 7.89. The number of amides is 1. The lowest BCUT2D eigenvalue weighted by Crippen LogP contribution is -2.32. The molecule has 2 aromatic rings. The summed E-state index contributed by atoms with van der Waals surface area (Å²) in [5, 5.41) is 3.05. The maximum atomic E-state index is 14.2. The fourth-order valence-electron chi connectivity index (χ4n) is 3.00. The molecule has 2 aromatic carbocycles. The first-order valence-electron chi connectivity index (χ1n) is 8.74. The van der Waals surface area contributed by atoms with Crippen molar-refractivity contribution < 1.29 is 17.6 Å². The smallest absolute Gasteiger partial charge is 0.258 e.